The largest absolute Gasteiger partial charge is 0.357 e. The molecule has 24 heavy (non-hydrogen) atoms. The molecular weight excluding hydrogens is 298 g/mol. The zero-order valence-corrected chi connectivity index (χ0v) is 14.4. The molecule has 0 amide bonds. The molecule has 1 aromatic carbocycles. The normalized spacial score (nSPS) is 16.0. The first-order chi connectivity index (χ1) is 11.8. The van der Waals surface area contributed by atoms with Crippen LogP contribution in [-0.4, -0.2) is 35.1 Å². The third kappa shape index (κ3) is 4.37. The minimum Gasteiger partial charge on any atom is -0.357 e. The van der Waals surface area contributed by atoms with E-state index in [0.29, 0.717) is 0 Å². The van der Waals surface area contributed by atoms with Crippen LogP contribution in [0.5, 0.6) is 0 Å². The lowest BCUT2D eigenvalue weighted by molar-refractivity contribution is 0.622. The Morgan fingerprint density at radius 3 is 2.75 bits per heavy atom. The molecule has 5 nitrogen and oxygen atoms in total. The van der Waals surface area contributed by atoms with E-state index in [4.69, 9.17) is 4.99 Å². The molecule has 2 N–H and O–H groups in total. The van der Waals surface area contributed by atoms with Crippen molar-refractivity contribution in [3.05, 3.63) is 54.6 Å². The summed E-state index contributed by atoms with van der Waals surface area (Å²) in [6, 6.07) is 10.8. The fourth-order valence-electron chi connectivity index (χ4n) is 2.94. The maximum Gasteiger partial charge on any atom is 0.191 e. The van der Waals surface area contributed by atoms with E-state index in [2.05, 4.69) is 57.4 Å². The van der Waals surface area contributed by atoms with Gasteiger partial charge >= 0.3 is 0 Å². The second-order valence-corrected chi connectivity index (χ2v) is 6.42. The molecule has 3 rings (SSSR count). The number of aromatic nitrogens is 2. The van der Waals surface area contributed by atoms with Crippen molar-refractivity contribution >= 4 is 5.96 Å². The Morgan fingerprint density at radius 2 is 2.08 bits per heavy atom. The topological polar surface area (TPSA) is 54.2 Å². The number of hydrogen-bond donors (Lipinski definition) is 2. The lowest BCUT2D eigenvalue weighted by Crippen LogP contribution is -2.38. The molecule has 1 fully saturated rings. The standard InChI is InChI=1S/C19H27N5/c1-2-21-18(22-11-6-13-24-14-12-20-16-24)23-15-19(9-10-19)17-7-4-3-5-8-17/h3-5,7-8,12,14,16H,2,6,9-11,13,15H2,1H3,(H2,21,22,23). The van der Waals surface area contributed by atoms with Crippen molar-refractivity contribution in [1.29, 1.82) is 0 Å². The number of nitrogens with zero attached hydrogens (tertiary/aromatic N) is 3. The van der Waals surface area contributed by atoms with E-state index in [0.717, 1.165) is 38.6 Å². The third-order valence-corrected chi connectivity index (χ3v) is 4.57. The molecule has 128 valence electrons. The third-order valence-electron chi connectivity index (χ3n) is 4.57. The molecule has 0 unspecified atom stereocenters. The molecule has 0 saturated heterocycles. The number of aryl methyl sites for hydroxylation is 1. The van der Waals surface area contributed by atoms with E-state index in [1.165, 1.54) is 18.4 Å². The number of rotatable bonds is 8. The van der Waals surface area contributed by atoms with Crippen LogP contribution in [-0.2, 0) is 12.0 Å². The fraction of sp³-hybridized carbons (Fsp3) is 0.474. The van der Waals surface area contributed by atoms with Gasteiger partial charge in [0.2, 0.25) is 0 Å². The fourth-order valence-corrected chi connectivity index (χ4v) is 2.94. The van der Waals surface area contributed by atoms with Crippen LogP contribution < -0.4 is 10.6 Å². The number of aliphatic imine (C=N–C) groups is 1. The van der Waals surface area contributed by atoms with Crippen molar-refractivity contribution in [2.75, 3.05) is 19.6 Å². The van der Waals surface area contributed by atoms with Crippen LogP contribution in [0.4, 0.5) is 0 Å². The molecule has 5 heteroatoms. The SMILES string of the molecule is CCNC(=NCC1(c2ccccc2)CC1)NCCCn1ccnc1. The van der Waals surface area contributed by atoms with Crippen LogP contribution in [0.2, 0.25) is 0 Å². The summed E-state index contributed by atoms with van der Waals surface area (Å²) in [4.78, 5) is 8.90. The molecule has 1 aliphatic rings. The summed E-state index contributed by atoms with van der Waals surface area (Å²) >= 11 is 0. The predicted octanol–water partition coefficient (Wildman–Crippen LogP) is 2.56. The second kappa shape index (κ2) is 7.99. The smallest absolute Gasteiger partial charge is 0.191 e. The molecule has 1 heterocycles. The van der Waals surface area contributed by atoms with Crippen LogP contribution in [0.3, 0.4) is 0 Å². The molecule has 0 radical (unpaired) electrons. The molecule has 2 aromatic rings. The Hall–Kier alpha value is -2.30. The van der Waals surface area contributed by atoms with E-state index in [1.54, 1.807) is 0 Å². The highest BCUT2D eigenvalue weighted by atomic mass is 15.2. The van der Waals surface area contributed by atoms with Gasteiger partial charge < -0.3 is 15.2 Å². The van der Waals surface area contributed by atoms with Crippen LogP contribution in [0.25, 0.3) is 0 Å². The molecule has 0 atom stereocenters. The van der Waals surface area contributed by atoms with Crippen molar-refractivity contribution < 1.29 is 0 Å². The summed E-state index contributed by atoms with van der Waals surface area (Å²) in [6.07, 6.45) is 9.19. The van der Waals surface area contributed by atoms with Crippen LogP contribution >= 0.6 is 0 Å². The average Bonchev–Trinajstić information content (AvgIpc) is 3.24. The van der Waals surface area contributed by atoms with Gasteiger partial charge in [0.15, 0.2) is 5.96 Å². The van der Waals surface area contributed by atoms with Crippen molar-refractivity contribution in [3.63, 3.8) is 0 Å². The molecule has 0 aliphatic heterocycles. The van der Waals surface area contributed by atoms with Crippen molar-refractivity contribution in [1.82, 2.24) is 20.2 Å². The number of imidazole rings is 1. The predicted molar refractivity (Wildman–Crippen MR) is 98.2 cm³/mol. The summed E-state index contributed by atoms with van der Waals surface area (Å²) < 4.78 is 2.10. The van der Waals surface area contributed by atoms with Crippen LogP contribution in [0, 0.1) is 0 Å². The van der Waals surface area contributed by atoms with Crippen molar-refractivity contribution in [2.24, 2.45) is 4.99 Å². The molecule has 1 aromatic heterocycles. The Labute approximate surface area is 144 Å². The van der Waals surface area contributed by atoms with Crippen molar-refractivity contribution in [2.45, 2.75) is 38.1 Å². The van der Waals surface area contributed by atoms with Gasteiger partial charge in [0.05, 0.1) is 12.9 Å². The van der Waals surface area contributed by atoms with E-state index in [9.17, 15) is 0 Å². The van der Waals surface area contributed by atoms with Gasteiger partial charge in [0.1, 0.15) is 0 Å². The maximum atomic E-state index is 4.83. The number of guanidine groups is 1. The Bertz CT molecular complexity index is 629. The van der Waals surface area contributed by atoms with Crippen LogP contribution in [0.15, 0.2) is 54.0 Å². The lowest BCUT2D eigenvalue weighted by atomic mass is 9.96. The van der Waals surface area contributed by atoms with Gasteiger partial charge in [-0.2, -0.15) is 0 Å². The quantitative estimate of drug-likeness (QED) is 0.445. The zero-order chi connectivity index (χ0) is 16.7. The number of hydrogen-bond acceptors (Lipinski definition) is 2. The summed E-state index contributed by atoms with van der Waals surface area (Å²) in [7, 11) is 0. The van der Waals surface area contributed by atoms with Gasteiger partial charge in [-0.25, -0.2) is 4.98 Å². The van der Waals surface area contributed by atoms with Crippen molar-refractivity contribution in [3.8, 4) is 0 Å². The summed E-state index contributed by atoms with van der Waals surface area (Å²) in [5.41, 5.74) is 1.69. The zero-order valence-electron chi connectivity index (χ0n) is 14.4. The highest BCUT2D eigenvalue weighted by molar-refractivity contribution is 5.79. The summed E-state index contributed by atoms with van der Waals surface area (Å²) in [6.45, 7) is 5.72. The monoisotopic (exact) mass is 325 g/mol. The first-order valence-electron chi connectivity index (χ1n) is 8.86. The first kappa shape index (κ1) is 16.6. The highest BCUT2D eigenvalue weighted by Gasteiger charge is 2.43. The van der Waals surface area contributed by atoms with E-state index in [1.807, 2.05) is 18.7 Å². The minimum absolute atomic E-state index is 0.264. The molecule has 0 bridgehead atoms. The van der Waals surface area contributed by atoms with Gasteiger partial charge in [-0.3, -0.25) is 4.99 Å². The Kier molecular flexibility index (Phi) is 5.51. The van der Waals surface area contributed by atoms with Gasteiger partial charge in [-0.1, -0.05) is 30.3 Å². The molecule has 1 aliphatic carbocycles. The summed E-state index contributed by atoms with van der Waals surface area (Å²) in [5, 5.41) is 6.79. The summed E-state index contributed by atoms with van der Waals surface area (Å²) in [5.74, 6) is 0.922. The number of nitrogens with one attached hydrogen (secondary N) is 2. The Morgan fingerprint density at radius 1 is 1.25 bits per heavy atom. The maximum absolute atomic E-state index is 4.83. The van der Waals surface area contributed by atoms with Gasteiger partial charge in [-0.15, -0.1) is 0 Å². The highest BCUT2D eigenvalue weighted by Crippen LogP contribution is 2.48. The second-order valence-electron chi connectivity index (χ2n) is 6.42. The Balaban J connectivity index is 1.50. The molecule has 0 spiro atoms. The first-order valence-corrected chi connectivity index (χ1v) is 8.86. The van der Waals surface area contributed by atoms with E-state index in [-0.39, 0.29) is 5.41 Å². The minimum atomic E-state index is 0.264. The van der Waals surface area contributed by atoms with Gasteiger partial charge in [0, 0.05) is 37.4 Å². The van der Waals surface area contributed by atoms with E-state index < -0.39 is 0 Å². The average molecular weight is 325 g/mol. The number of benzene rings is 1. The van der Waals surface area contributed by atoms with E-state index >= 15 is 0 Å². The van der Waals surface area contributed by atoms with Gasteiger partial charge in [-0.05, 0) is 31.7 Å². The molecule has 1 saturated carbocycles. The van der Waals surface area contributed by atoms with Crippen LogP contribution in [0.1, 0.15) is 31.7 Å². The molecular formula is C19H27N5. The lowest BCUT2D eigenvalue weighted by Gasteiger charge is -2.16. The van der Waals surface area contributed by atoms with Gasteiger partial charge in [0.25, 0.3) is 0 Å².